The molecule has 2 aromatic rings. The van der Waals surface area contributed by atoms with Crippen molar-refractivity contribution in [2.75, 3.05) is 11.4 Å². The van der Waals surface area contributed by atoms with Crippen LogP contribution in [0, 0.1) is 5.82 Å². The first-order valence-electron chi connectivity index (χ1n) is 9.10. The molecule has 6 heteroatoms. The number of anilines is 1. The first kappa shape index (κ1) is 16.9. The molecule has 26 heavy (non-hydrogen) atoms. The molecule has 0 N–H and O–H groups in total. The number of hydrogen-bond donors (Lipinski definition) is 0. The van der Waals surface area contributed by atoms with Crippen molar-refractivity contribution in [2.24, 2.45) is 0 Å². The van der Waals surface area contributed by atoms with E-state index in [1.165, 1.54) is 18.3 Å². The maximum absolute atomic E-state index is 13.4. The first-order valence-corrected chi connectivity index (χ1v) is 9.10. The summed E-state index contributed by atoms with van der Waals surface area (Å²) in [4.78, 5) is 17.4. The van der Waals surface area contributed by atoms with Crippen molar-refractivity contribution in [1.29, 1.82) is 0 Å². The number of carbonyl (C=O) groups excluding carboxylic acids is 1. The van der Waals surface area contributed by atoms with Crippen molar-refractivity contribution in [3.8, 4) is 0 Å². The number of rotatable bonds is 2. The van der Waals surface area contributed by atoms with Crippen LogP contribution in [0.3, 0.4) is 0 Å². The highest BCUT2D eigenvalue weighted by atomic mass is 19.1. The molecule has 5 nitrogen and oxygen atoms in total. The molecule has 2 saturated heterocycles. The van der Waals surface area contributed by atoms with Crippen LogP contribution in [0.4, 0.5) is 10.1 Å². The van der Waals surface area contributed by atoms with Crippen LogP contribution in [-0.4, -0.2) is 45.2 Å². The topological polar surface area (TPSA) is 49.3 Å². The largest absolute Gasteiger partial charge is 0.361 e. The van der Waals surface area contributed by atoms with E-state index in [0.717, 1.165) is 31.5 Å². The molecule has 0 spiro atoms. The Labute approximate surface area is 152 Å². The fourth-order valence-corrected chi connectivity index (χ4v) is 4.62. The lowest BCUT2D eigenvalue weighted by molar-refractivity contribution is 0.0604. The third-order valence-corrected chi connectivity index (χ3v) is 5.63. The average molecular weight is 354 g/mol. The summed E-state index contributed by atoms with van der Waals surface area (Å²) in [5, 5.41) is 7.60. The van der Waals surface area contributed by atoms with Gasteiger partial charge in [0.1, 0.15) is 5.82 Å². The van der Waals surface area contributed by atoms with E-state index in [9.17, 15) is 9.18 Å². The number of aromatic nitrogens is 2. The second-order valence-electron chi connectivity index (χ2n) is 7.77. The zero-order chi connectivity index (χ0) is 18.3. The molecular formula is C20H23FN4O. The maximum atomic E-state index is 13.4. The molecule has 0 unspecified atom stereocenters. The Bertz CT molecular complexity index is 793. The van der Waals surface area contributed by atoms with Gasteiger partial charge in [0, 0.05) is 17.8 Å². The van der Waals surface area contributed by atoms with Crippen molar-refractivity contribution < 1.29 is 9.18 Å². The quantitative estimate of drug-likeness (QED) is 0.830. The van der Waals surface area contributed by atoms with Crippen molar-refractivity contribution in [2.45, 2.75) is 50.7 Å². The first-order chi connectivity index (χ1) is 12.5. The van der Waals surface area contributed by atoms with Crippen LogP contribution in [0.15, 0.2) is 42.7 Å². The second-order valence-corrected chi connectivity index (χ2v) is 7.77. The van der Waals surface area contributed by atoms with Crippen LogP contribution in [0.5, 0.6) is 0 Å². The van der Waals surface area contributed by atoms with E-state index in [0.29, 0.717) is 5.56 Å². The third-order valence-electron chi connectivity index (χ3n) is 5.63. The highest BCUT2D eigenvalue weighted by Crippen LogP contribution is 2.43. The Kier molecular flexibility index (Phi) is 4.13. The van der Waals surface area contributed by atoms with Gasteiger partial charge in [-0.2, -0.15) is 10.2 Å². The van der Waals surface area contributed by atoms with Crippen molar-refractivity contribution >= 4 is 11.6 Å². The van der Waals surface area contributed by atoms with Crippen LogP contribution in [0.25, 0.3) is 0 Å². The van der Waals surface area contributed by atoms with Gasteiger partial charge in [0.25, 0.3) is 5.91 Å². The molecule has 1 amide bonds. The summed E-state index contributed by atoms with van der Waals surface area (Å²) < 4.78 is 13.4. The van der Waals surface area contributed by atoms with Gasteiger partial charge in [-0.1, -0.05) is 0 Å². The Balaban J connectivity index is 1.66. The number of nitrogens with zero attached hydrogens (tertiary/aromatic N) is 4. The summed E-state index contributed by atoms with van der Waals surface area (Å²) in [6.07, 6.45) is 5.96. The molecule has 1 aromatic heterocycles. The number of carbonyl (C=O) groups is 1. The molecule has 2 fully saturated rings. The van der Waals surface area contributed by atoms with Gasteiger partial charge in [-0.3, -0.25) is 4.79 Å². The van der Waals surface area contributed by atoms with Gasteiger partial charge in [-0.05, 0) is 63.4 Å². The monoisotopic (exact) mass is 354 g/mol. The van der Waals surface area contributed by atoms with Gasteiger partial charge >= 0.3 is 0 Å². The smallest absolute Gasteiger partial charge is 0.255 e. The lowest BCUT2D eigenvalue weighted by Gasteiger charge is -2.42. The van der Waals surface area contributed by atoms with Crippen LogP contribution in [0.2, 0.25) is 0 Å². The van der Waals surface area contributed by atoms with Crippen molar-refractivity contribution in [1.82, 2.24) is 15.1 Å². The molecule has 136 valence electrons. The minimum atomic E-state index is -0.229. The minimum absolute atomic E-state index is 0.0198. The second kappa shape index (κ2) is 6.34. The third kappa shape index (κ3) is 2.83. The summed E-state index contributed by atoms with van der Waals surface area (Å²) >= 11 is 0. The molecule has 0 bridgehead atoms. The molecule has 0 radical (unpaired) electrons. The number of benzene rings is 1. The molecule has 1 aromatic carbocycles. The van der Waals surface area contributed by atoms with E-state index in [1.807, 2.05) is 17.0 Å². The SMILES string of the molecule is CC1(C)C[C@H]2[C@H](CCCN2C(=O)c2ccnnc2)N1c1ccc(F)cc1. The molecule has 0 saturated carbocycles. The molecule has 4 rings (SSSR count). The lowest BCUT2D eigenvalue weighted by Crippen LogP contribution is -2.52. The summed E-state index contributed by atoms with van der Waals surface area (Å²) in [6.45, 7) is 5.16. The van der Waals surface area contributed by atoms with E-state index in [1.54, 1.807) is 12.3 Å². The lowest BCUT2D eigenvalue weighted by atomic mass is 9.93. The Hall–Kier alpha value is -2.50. The van der Waals surface area contributed by atoms with E-state index in [-0.39, 0.29) is 29.3 Å². The molecule has 0 aliphatic carbocycles. The van der Waals surface area contributed by atoms with Gasteiger partial charge in [-0.25, -0.2) is 4.39 Å². The molecular weight excluding hydrogens is 331 g/mol. The van der Waals surface area contributed by atoms with E-state index in [4.69, 9.17) is 0 Å². The molecule has 2 aliphatic rings. The number of hydrogen-bond acceptors (Lipinski definition) is 4. The van der Waals surface area contributed by atoms with Gasteiger partial charge < -0.3 is 9.80 Å². The zero-order valence-corrected chi connectivity index (χ0v) is 15.1. The summed E-state index contributed by atoms with van der Waals surface area (Å²) in [5.74, 6) is -0.209. The normalized spacial score (nSPS) is 24.4. The summed E-state index contributed by atoms with van der Waals surface area (Å²) in [5.41, 5.74) is 1.49. The van der Waals surface area contributed by atoms with Crippen molar-refractivity contribution in [3.05, 3.63) is 54.1 Å². The standard InChI is InChI=1S/C20H23FN4O/c1-20(2)12-18-17(25(20)16-7-5-15(21)6-8-16)4-3-11-24(18)19(26)14-9-10-22-23-13-14/h5-10,13,17-18H,3-4,11-12H2,1-2H3/t17-,18-/m0/s1. The van der Waals surface area contributed by atoms with Gasteiger partial charge in [0.2, 0.25) is 0 Å². The highest BCUT2D eigenvalue weighted by molar-refractivity contribution is 5.94. The van der Waals surface area contributed by atoms with Crippen LogP contribution >= 0.6 is 0 Å². The number of halogens is 1. The number of likely N-dealkylation sites (tertiary alicyclic amines) is 1. The van der Waals surface area contributed by atoms with Gasteiger partial charge in [-0.15, -0.1) is 0 Å². The molecule has 2 atom stereocenters. The molecule has 2 aliphatic heterocycles. The highest BCUT2D eigenvalue weighted by Gasteiger charge is 2.50. The molecule has 3 heterocycles. The van der Waals surface area contributed by atoms with Gasteiger partial charge in [0.05, 0.1) is 30.0 Å². The predicted octanol–water partition coefficient (Wildman–Crippen LogP) is 3.28. The maximum Gasteiger partial charge on any atom is 0.255 e. The number of fused-ring (bicyclic) bond motifs is 1. The van der Waals surface area contributed by atoms with E-state index < -0.39 is 0 Å². The zero-order valence-electron chi connectivity index (χ0n) is 15.1. The summed E-state index contributed by atoms with van der Waals surface area (Å²) in [7, 11) is 0. The fourth-order valence-electron chi connectivity index (χ4n) is 4.62. The number of piperidine rings is 1. The summed E-state index contributed by atoms with van der Waals surface area (Å²) in [6, 6.07) is 8.80. The fraction of sp³-hybridized carbons (Fsp3) is 0.450. The van der Waals surface area contributed by atoms with Crippen LogP contribution in [0.1, 0.15) is 43.5 Å². The van der Waals surface area contributed by atoms with Gasteiger partial charge in [0.15, 0.2) is 0 Å². The Morgan fingerprint density at radius 3 is 2.62 bits per heavy atom. The van der Waals surface area contributed by atoms with E-state index >= 15 is 0 Å². The number of amides is 1. The predicted molar refractivity (Wildman–Crippen MR) is 97.5 cm³/mol. The van der Waals surface area contributed by atoms with E-state index in [2.05, 4.69) is 28.9 Å². The Morgan fingerprint density at radius 1 is 1.15 bits per heavy atom. The van der Waals surface area contributed by atoms with Crippen LogP contribution in [-0.2, 0) is 0 Å². The Morgan fingerprint density at radius 2 is 1.92 bits per heavy atom. The van der Waals surface area contributed by atoms with Crippen LogP contribution < -0.4 is 4.90 Å². The minimum Gasteiger partial charge on any atom is -0.361 e. The average Bonchev–Trinajstić information content (AvgIpc) is 2.92. The van der Waals surface area contributed by atoms with Crippen molar-refractivity contribution in [3.63, 3.8) is 0 Å².